The van der Waals surface area contributed by atoms with Crippen LogP contribution in [0.25, 0.3) is 0 Å². The minimum atomic E-state index is -1.93. The van der Waals surface area contributed by atoms with E-state index in [9.17, 15) is 14.7 Å². The van der Waals surface area contributed by atoms with E-state index in [0.717, 1.165) is 18.1 Å². The summed E-state index contributed by atoms with van der Waals surface area (Å²) in [5.74, 6) is -0.827. The molecule has 0 radical (unpaired) electrons. The number of cyclic esters (lactones) is 1. The first-order chi connectivity index (χ1) is 11.4. The van der Waals surface area contributed by atoms with Gasteiger partial charge in [-0.2, -0.15) is 0 Å². The Balaban J connectivity index is 2.86. The monoisotopic (exact) mass is 376 g/mol. The van der Waals surface area contributed by atoms with E-state index in [-0.39, 0.29) is 6.61 Å². The second-order valence-electron chi connectivity index (χ2n) is 7.65. The lowest BCUT2D eigenvalue weighted by atomic mass is 9.98. The Morgan fingerprint density at radius 1 is 1.24 bits per heavy atom. The van der Waals surface area contributed by atoms with Gasteiger partial charge in [0.1, 0.15) is 5.60 Å². The third kappa shape index (κ3) is 5.42. The number of carbonyl (C=O) groups excluding carboxylic acids is 2. The molecule has 0 saturated carbocycles. The summed E-state index contributed by atoms with van der Waals surface area (Å²) in [5.41, 5.74) is -2.67. The van der Waals surface area contributed by atoms with Crippen molar-refractivity contribution in [3.05, 3.63) is 0 Å². The van der Waals surface area contributed by atoms with Gasteiger partial charge >= 0.3 is 12.1 Å². The van der Waals surface area contributed by atoms with Crippen LogP contribution in [0.3, 0.4) is 0 Å². The van der Waals surface area contributed by atoms with Gasteiger partial charge in [0, 0.05) is 0 Å². The van der Waals surface area contributed by atoms with Crippen molar-refractivity contribution >= 4 is 20.4 Å². The standard InChI is InChI=1S/C17H32O7Si/c1-8-25(9-2,10-3)21-11-12-13(17(7,20)14(18)22-12)23-15(19)24-16(4,5)6/h12-13,20H,8-11H2,1-7H3/t12-,13-,17+/m1/s1. The summed E-state index contributed by atoms with van der Waals surface area (Å²) < 4.78 is 21.7. The van der Waals surface area contributed by atoms with E-state index in [1.54, 1.807) is 20.8 Å². The lowest BCUT2D eigenvalue weighted by Gasteiger charge is -2.31. The average molecular weight is 377 g/mol. The first-order valence-electron chi connectivity index (χ1n) is 8.87. The summed E-state index contributed by atoms with van der Waals surface area (Å²) in [6.07, 6.45) is -2.98. The number of ether oxygens (including phenoxy) is 3. The van der Waals surface area contributed by atoms with Gasteiger partial charge in [0.25, 0.3) is 0 Å². The average Bonchev–Trinajstić information content (AvgIpc) is 2.71. The largest absolute Gasteiger partial charge is 0.509 e. The summed E-state index contributed by atoms with van der Waals surface area (Å²) in [4.78, 5) is 23.9. The Bertz CT molecular complexity index is 472. The molecule has 0 aliphatic carbocycles. The molecule has 1 aliphatic rings. The minimum Gasteiger partial charge on any atom is -0.454 e. The Hall–Kier alpha value is -1.12. The van der Waals surface area contributed by atoms with Crippen LogP contribution in [0.15, 0.2) is 0 Å². The van der Waals surface area contributed by atoms with Crippen molar-refractivity contribution < 1.29 is 33.3 Å². The molecule has 8 heteroatoms. The van der Waals surface area contributed by atoms with Gasteiger partial charge in [-0.3, -0.25) is 0 Å². The predicted octanol–water partition coefficient (Wildman–Crippen LogP) is 3.00. The second-order valence-corrected chi connectivity index (χ2v) is 12.4. The number of carbonyl (C=O) groups is 2. The number of hydrogen-bond donors (Lipinski definition) is 1. The normalized spacial score (nSPS) is 27.1. The topological polar surface area (TPSA) is 91.3 Å². The first-order valence-corrected chi connectivity index (χ1v) is 11.4. The van der Waals surface area contributed by atoms with Crippen molar-refractivity contribution in [3.8, 4) is 0 Å². The zero-order valence-corrected chi connectivity index (χ0v) is 17.4. The highest BCUT2D eigenvalue weighted by Crippen LogP contribution is 2.31. The molecule has 1 saturated heterocycles. The molecule has 1 N–H and O–H groups in total. The van der Waals surface area contributed by atoms with Gasteiger partial charge in [0.2, 0.25) is 0 Å². The summed E-state index contributed by atoms with van der Waals surface area (Å²) in [6, 6.07) is 2.82. The molecular formula is C17H32O7Si. The second kappa shape index (κ2) is 8.05. The highest BCUT2D eigenvalue weighted by molar-refractivity contribution is 6.73. The van der Waals surface area contributed by atoms with Crippen molar-refractivity contribution in [1.29, 1.82) is 0 Å². The van der Waals surface area contributed by atoms with Crippen LogP contribution in [0.4, 0.5) is 4.79 Å². The lowest BCUT2D eigenvalue weighted by Crippen LogP contribution is -2.49. The number of esters is 1. The Morgan fingerprint density at radius 3 is 2.20 bits per heavy atom. The van der Waals surface area contributed by atoms with Gasteiger partial charge in [-0.05, 0) is 45.8 Å². The van der Waals surface area contributed by atoms with Crippen LogP contribution in [-0.2, 0) is 23.4 Å². The highest BCUT2D eigenvalue weighted by Gasteiger charge is 2.57. The van der Waals surface area contributed by atoms with Crippen molar-refractivity contribution in [1.82, 2.24) is 0 Å². The summed E-state index contributed by atoms with van der Waals surface area (Å²) in [5, 5.41) is 10.4. The van der Waals surface area contributed by atoms with Gasteiger partial charge in [0.05, 0.1) is 6.61 Å². The van der Waals surface area contributed by atoms with Crippen LogP contribution in [0, 0.1) is 0 Å². The molecular weight excluding hydrogens is 344 g/mol. The van der Waals surface area contributed by atoms with Crippen LogP contribution in [0.2, 0.25) is 18.1 Å². The number of aliphatic hydroxyl groups is 1. The zero-order chi connectivity index (χ0) is 19.5. The SMILES string of the molecule is CC[Si](CC)(CC)OC[C@H]1OC(=O)[C@@](C)(O)[C@@H]1OC(=O)OC(C)(C)C. The van der Waals surface area contributed by atoms with Crippen molar-refractivity contribution in [2.45, 2.75) is 90.0 Å². The van der Waals surface area contributed by atoms with Crippen LogP contribution in [0.5, 0.6) is 0 Å². The molecule has 0 spiro atoms. The minimum absolute atomic E-state index is 0.0943. The van der Waals surface area contributed by atoms with Crippen LogP contribution < -0.4 is 0 Å². The molecule has 146 valence electrons. The van der Waals surface area contributed by atoms with Crippen LogP contribution >= 0.6 is 0 Å². The smallest absolute Gasteiger partial charge is 0.454 e. The molecule has 1 rings (SSSR count). The van der Waals surface area contributed by atoms with E-state index in [2.05, 4.69) is 20.8 Å². The molecule has 1 fully saturated rings. The fourth-order valence-electron chi connectivity index (χ4n) is 2.80. The molecule has 0 aromatic heterocycles. The molecule has 1 aliphatic heterocycles. The maximum atomic E-state index is 12.0. The molecule has 25 heavy (non-hydrogen) atoms. The van der Waals surface area contributed by atoms with Crippen molar-refractivity contribution in [2.24, 2.45) is 0 Å². The van der Waals surface area contributed by atoms with E-state index in [1.165, 1.54) is 6.92 Å². The Kier molecular flexibility index (Phi) is 7.06. The van der Waals surface area contributed by atoms with Gasteiger partial charge < -0.3 is 23.7 Å². The third-order valence-electron chi connectivity index (χ3n) is 4.66. The Morgan fingerprint density at radius 2 is 1.76 bits per heavy atom. The summed E-state index contributed by atoms with van der Waals surface area (Å²) in [6.45, 7) is 12.7. The van der Waals surface area contributed by atoms with Crippen LogP contribution in [0.1, 0.15) is 48.5 Å². The third-order valence-corrected chi connectivity index (χ3v) is 9.31. The fraction of sp³-hybridized carbons (Fsp3) is 0.882. The van der Waals surface area contributed by atoms with Gasteiger partial charge in [-0.15, -0.1) is 0 Å². The van der Waals surface area contributed by atoms with Gasteiger partial charge in [-0.1, -0.05) is 20.8 Å². The van der Waals surface area contributed by atoms with Gasteiger partial charge in [-0.25, -0.2) is 9.59 Å². The molecule has 3 atom stereocenters. The van der Waals surface area contributed by atoms with E-state index in [4.69, 9.17) is 18.6 Å². The number of hydrogen-bond acceptors (Lipinski definition) is 7. The lowest BCUT2D eigenvalue weighted by molar-refractivity contribution is -0.155. The molecule has 0 bridgehead atoms. The molecule has 0 amide bonds. The molecule has 0 aromatic rings. The quantitative estimate of drug-likeness (QED) is 0.539. The van der Waals surface area contributed by atoms with Crippen molar-refractivity contribution in [3.63, 3.8) is 0 Å². The van der Waals surface area contributed by atoms with E-state index < -0.39 is 43.9 Å². The maximum absolute atomic E-state index is 12.0. The van der Waals surface area contributed by atoms with Crippen molar-refractivity contribution in [2.75, 3.05) is 6.61 Å². The molecule has 0 aromatic carbocycles. The summed E-state index contributed by atoms with van der Waals surface area (Å²) >= 11 is 0. The van der Waals surface area contributed by atoms with E-state index >= 15 is 0 Å². The highest BCUT2D eigenvalue weighted by atomic mass is 28.4. The molecule has 1 heterocycles. The van der Waals surface area contributed by atoms with Crippen LogP contribution in [-0.4, -0.2) is 55.6 Å². The predicted molar refractivity (Wildman–Crippen MR) is 94.8 cm³/mol. The molecule has 0 unspecified atom stereocenters. The molecule has 7 nitrogen and oxygen atoms in total. The summed E-state index contributed by atoms with van der Waals surface area (Å²) in [7, 11) is -1.91. The maximum Gasteiger partial charge on any atom is 0.509 e. The number of rotatable bonds is 7. The first kappa shape index (κ1) is 21.9. The van der Waals surface area contributed by atoms with Gasteiger partial charge in [0.15, 0.2) is 26.1 Å². The van der Waals surface area contributed by atoms with E-state index in [1.807, 2.05) is 0 Å². The van der Waals surface area contributed by atoms with E-state index in [0.29, 0.717) is 0 Å². The fourth-order valence-corrected chi connectivity index (χ4v) is 5.43. The zero-order valence-electron chi connectivity index (χ0n) is 16.4. The Labute approximate surface area is 151 Å².